The van der Waals surface area contributed by atoms with Gasteiger partial charge < -0.3 is 10.4 Å². The van der Waals surface area contributed by atoms with Crippen LogP contribution in [0.3, 0.4) is 0 Å². The summed E-state index contributed by atoms with van der Waals surface area (Å²) in [5, 5.41) is 13.3. The van der Waals surface area contributed by atoms with E-state index in [0.717, 1.165) is 34.6 Å². The van der Waals surface area contributed by atoms with E-state index in [1.54, 1.807) is 24.3 Å². The number of rotatable bonds is 5. The van der Waals surface area contributed by atoms with Crippen molar-refractivity contribution in [1.29, 1.82) is 0 Å². The fourth-order valence-electron chi connectivity index (χ4n) is 2.72. The minimum Gasteiger partial charge on any atom is -0.493 e. The summed E-state index contributed by atoms with van der Waals surface area (Å²) in [6, 6.07) is 13.5. The van der Waals surface area contributed by atoms with Crippen LogP contribution in [0.1, 0.15) is 11.1 Å². The number of carbonyl (C=O) groups is 1. The molecule has 3 aromatic rings. The lowest BCUT2D eigenvalue weighted by atomic mass is 10.1. The molecule has 1 aromatic heterocycles. The Morgan fingerprint density at radius 3 is 2.54 bits per heavy atom. The molecule has 6 nitrogen and oxygen atoms in total. The monoisotopic (exact) mass is 415 g/mol. The summed E-state index contributed by atoms with van der Waals surface area (Å²) in [4.78, 5) is 28.8. The Balaban J connectivity index is 1.84. The third kappa shape index (κ3) is 4.55. The molecule has 0 atom stereocenters. The van der Waals surface area contributed by atoms with Crippen molar-refractivity contribution in [2.75, 3.05) is 11.1 Å². The van der Waals surface area contributed by atoms with Crippen molar-refractivity contribution in [3.63, 3.8) is 0 Å². The number of carbonyl (C=O) groups excluding carboxylic acids is 1. The second kappa shape index (κ2) is 8.50. The summed E-state index contributed by atoms with van der Waals surface area (Å²) >= 11 is 7.07. The minimum absolute atomic E-state index is 0.0181. The summed E-state index contributed by atoms with van der Waals surface area (Å²) in [6.07, 6.45) is 0. The normalized spacial score (nSPS) is 10.7. The van der Waals surface area contributed by atoms with Gasteiger partial charge in [-0.05, 0) is 43.2 Å². The minimum atomic E-state index is -0.465. The fraction of sp³-hybridized carbons (Fsp3) is 0.150. The van der Waals surface area contributed by atoms with Crippen molar-refractivity contribution in [3.8, 4) is 11.6 Å². The van der Waals surface area contributed by atoms with Gasteiger partial charge in [0.2, 0.25) is 11.8 Å². The quantitative estimate of drug-likeness (QED) is 0.487. The molecule has 8 heteroatoms. The van der Waals surface area contributed by atoms with Crippen LogP contribution >= 0.6 is 23.4 Å². The van der Waals surface area contributed by atoms with E-state index in [2.05, 4.69) is 10.3 Å². The number of halogens is 1. The van der Waals surface area contributed by atoms with Gasteiger partial charge in [-0.1, -0.05) is 47.6 Å². The van der Waals surface area contributed by atoms with Gasteiger partial charge in [-0.25, -0.2) is 0 Å². The molecule has 3 rings (SSSR count). The van der Waals surface area contributed by atoms with E-state index in [9.17, 15) is 14.7 Å². The van der Waals surface area contributed by atoms with Gasteiger partial charge in [0.1, 0.15) is 0 Å². The SMILES string of the molecule is Cc1cccc(C)c1NC(=O)CSc1nc(O)cc(=O)n1-c1cccc(Cl)c1. The molecule has 2 aromatic carbocycles. The third-order valence-corrected chi connectivity index (χ3v) is 5.19. The predicted octanol–water partition coefficient (Wildman–Crippen LogP) is 3.94. The van der Waals surface area contributed by atoms with E-state index in [1.165, 1.54) is 4.57 Å². The maximum Gasteiger partial charge on any atom is 0.262 e. The Kier molecular flexibility index (Phi) is 6.06. The van der Waals surface area contributed by atoms with E-state index in [4.69, 9.17) is 11.6 Å². The van der Waals surface area contributed by atoms with Crippen molar-refractivity contribution in [2.45, 2.75) is 19.0 Å². The van der Waals surface area contributed by atoms with Crippen LogP contribution in [0.5, 0.6) is 5.88 Å². The first-order chi connectivity index (χ1) is 13.3. The third-order valence-electron chi connectivity index (χ3n) is 4.02. The van der Waals surface area contributed by atoms with Gasteiger partial charge in [0.15, 0.2) is 5.16 Å². The Bertz CT molecular complexity index is 1080. The molecule has 0 bridgehead atoms. The largest absolute Gasteiger partial charge is 0.493 e. The van der Waals surface area contributed by atoms with Crippen LogP contribution in [0.25, 0.3) is 5.69 Å². The molecule has 0 fully saturated rings. The Morgan fingerprint density at radius 1 is 1.18 bits per heavy atom. The number of hydrogen-bond donors (Lipinski definition) is 2. The van der Waals surface area contributed by atoms with Crippen LogP contribution in [0.4, 0.5) is 5.69 Å². The summed E-state index contributed by atoms with van der Waals surface area (Å²) in [5.41, 5.74) is 2.73. The fourth-order valence-corrected chi connectivity index (χ4v) is 3.72. The first-order valence-electron chi connectivity index (χ1n) is 8.43. The highest BCUT2D eigenvalue weighted by Gasteiger charge is 2.14. The second-order valence-corrected chi connectivity index (χ2v) is 7.53. The smallest absolute Gasteiger partial charge is 0.262 e. The number of benzene rings is 2. The number of aromatic hydroxyl groups is 1. The summed E-state index contributed by atoms with van der Waals surface area (Å²) in [6.45, 7) is 3.84. The van der Waals surface area contributed by atoms with Crippen LogP contribution in [-0.4, -0.2) is 26.3 Å². The number of anilines is 1. The Hall–Kier alpha value is -2.77. The number of aryl methyl sites for hydroxylation is 2. The molecular weight excluding hydrogens is 398 g/mol. The molecule has 0 spiro atoms. The van der Waals surface area contributed by atoms with E-state index in [0.29, 0.717) is 10.7 Å². The number of aromatic nitrogens is 2. The van der Waals surface area contributed by atoms with Gasteiger partial charge in [-0.3, -0.25) is 14.2 Å². The zero-order chi connectivity index (χ0) is 20.3. The van der Waals surface area contributed by atoms with Gasteiger partial charge >= 0.3 is 0 Å². The maximum absolute atomic E-state index is 12.4. The topological polar surface area (TPSA) is 84.2 Å². The molecule has 0 saturated heterocycles. The van der Waals surface area contributed by atoms with Gasteiger partial charge in [-0.15, -0.1) is 0 Å². The average molecular weight is 416 g/mol. The van der Waals surface area contributed by atoms with Crippen molar-refractivity contribution in [3.05, 3.63) is 75.0 Å². The zero-order valence-corrected chi connectivity index (χ0v) is 16.8. The van der Waals surface area contributed by atoms with Crippen LogP contribution in [0.15, 0.2) is 58.5 Å². The maximum atomic E-state index is 12.4. The molecule has 0 unspecified atom stereocenters. The lowest BCUT2D eigenvalue weighted by Gasteiger charge is -2.13. The number of amides is 1. The number of thioether (sulfide) groups is 1. The first kappa shape index (κ1) is 20.0. The van der Waals surface area contributed by atoms with Crippen molar-refractivity contribution >= 4 is 35.0 Å². The van der Waals surface area contributed by atoms with E-state index in [1.807, 2.05) is 32.0 Å². The number of nitrogens with one attached hydrogen (secondary N) is 1. The molecule has 0 saturated carbocycles. The Morgan fingerprint density at radius 2 is 1.86 bits per heavy atom. The highest BCUT2D eigenvalue weighted by molar-refractivity contribution is 7.99. The highest BCUT2D eigenvalue weighted by atomic mass is 35.5. The van der Waals surface area contributed by atoms with E-state index >= 15 is 0 Å². The van der Waals surface area contributed by atoms with Crippen LogP contribution in [0.2, 0.25) is 5.02 Å². The molecule has 1 heterocycles. The highest BCUT2D eigenvalue weighted by Crippen LogP contribution is 2.23. The van der Waals surface area contributed by atoms with E-state index < -0.39 is 11.4 Å². The summed E-state index contributed by atoms with van der Waals surface area (Å²) < 4.78 is 1.31. The molecular formula is C20H18ClN3O3S. The molecule has 0 aliphatic carbocycles. The van der Waals surface area contributed by atoms with Crippen molar-refractivity contribution in [2.24, 2.45) is 0 Å². The first-order valence-corrected chi connectivity index (χ1v) is 9.79. The number of nitrogens with zero attached hydrogens (tertiary/aromatic N) is 2. The molecule has 0 radical (unpaired) electrons. The molecule has 0 aliphatic rings. The number of hydrogen-bond acceptors (Lipinski definition) is 5. The van der Waals surface area contributed by atoms with Gasteiger partial charge in [0.05, 0.1) is 17.5 Å². The summed E-state index contributed by atoms with van der Waals surface area (Å²) in [7, 11) is 0. The van der Waals surface area contributed by atoms with Gasteiger partial charge in [0.25, 0.3) is 5.56 Å². The second-order valence-electron chi connectivity index (χ2n) is 6.15. The molecule has 0 aliphatic heterocycles. The zero-order valence-electron chi connectivity index (χ0n) is 15.3. The van der Waals surface area contributed by atoms with Crippen LogP contribution < -0.4 is 10.9 Å². The van der Waals surface area contributed by atoms with Crippen molar-refractivity contribution < 1.29 is 9.90 Å². The lowest BCUT2D eigenvalue weighted by Crippen LogP contribution is -2.22. The molecule has 144 valence electrons. The molecule has 28 heavy (non-hydrogen) atoms. The van der Waals surface area contributed by atoms with Crippen LogP contribution in [-0.2, 0) is 4.79 Å². The predicted molar refractivity (Wildman–Crippen MR) is 112 cm³/mol. The van der Waals surface area contributed by atoms with Crippen LogP contribution in [0, 0.1) is 13.8 Å². The lowest BCUT2D eigenvalue weighted by molar-refractivity contribution is -0.113. The summed E-state index contributed by atoms with van der Waals surface area (Å²) in [5.74, 6) is -0.622. The standard InChI is InChI=1S/C20H18ClN3O3S/c1-12-5-3-6-13(2)19(12)22-17(26)11-28-20-23-16(25)10-18(27)24(20)15-8-4-7-14(21)9-15/h3-10,25H,11H2,1-2H3,(H,22,26). The number of para-hydroxylation sites is 1. The van der Waals surface area contributed by atoms with E-state index in [-0.39, 0.29) is 16.8 Å². The van der Waals surface area contributed by atoms with Crippen molar-refractivity contribution in [1.82, 2.24) is 9.55 Å². The Labute approximate surface area is 171 Å². The average Bonchev–Trinajstić information content (AvgIpc) is 2.62. The van der Waals surface area contributed by atoms with Gasteiger partial charge in [-0.2, -0.15) is 4.98 Å². The van der Waals surface area contributed by atoms with Gasteiger partial charge in [0, 0.05) is 10.7 Å². The molecule has 1 amide bonds. The molecule has 2 N–H and O–H groups in total.